The number of benzene rings is 1. The van der Waals surface area contributed by atoms with E-state index in [9.17, 15) is 9.59 Å². The fraction of sp³-hybridized carbons (Fsp3) is 0.286. The highest BCUT2D eigenvalue weighted by molar-refractivity contribution is 5.92. The Morgan fingerprint density at radius 3 is 2.55 bits per heavy atom. The maximum Gasteiger partial charge on any atom is 0.412 e. The Balaban J connectivity index is 1.99. The number of hydrogen-bond acceptors (Lipinski definition) is 5. The fourth-order valence-corrected chi connectivity index (χ4v) is 1.93. The quantitative estimate of drug-likeness (QED) is 0.896. The predicted molar refractivity (Wildman–Crippen MR) is 80.6 cm³/mol. The fourth-order valence-electron chi connectivity index (χ4n) is 1.93. The van der Waals surface area contributed by atoms with Crippen molar-refractivity contribution in [3.05, 3.63) is 35.5 Å². The SMILES string of the molecule is COC(=O)Nc1cn(CC(=O)Nc2c(C)cccc2C)nn1. The Bertz CT molecular complexity index is 675. The lowest BCUT2D eigenvalue weighted by Gasteiger charge is -2.11. The number of amides is 2. The molecular weight excluding hydrogens is 286 g/mol. The zero-order chi connectivity index (χ0) is 16.1. The van der Waals surface area contributed by atoms with E-state index >= 15 is 0 Å². The largest absolute Gasteiger partial charge is 0.453 e. The zero-order valence-corrected chi connectivity index (χ0v) is 12.6. The van der Waals surface area contributed by atoms with Crippen molar-refractivity contribution in [2.75, 3.05) is 17.7 Å². The lowest BCUT2D eigenvalue weighted by molar-refractivity contribution is -0.116. The van der Waals surface area contributed by atoms with E-state index in [4.69, 9.17) is 0 Å². The molecule has 0 bridgehead atoms. The van der Waals surface area contributed by atoms with Crippen LogP contribution < -0.4 is 10.6 Å². The normalized spacial score (nSPS) is 10.1. The van der Waals surface area contributed by atoms with E-state index in [2.05, 4.69) is 25.7 Å². The summed E-state index contributed by atoms with van der Waals surface area (Å²) in [5.41, 5.74) is 2.76. The molecule has 2 aromatic rings. The molecule has 0 spiro atoms. The van der Waals surface area contributed by atoms with Crippen LogP contribution in [0.1, 0.15) is 11.1 Å². The zero-order valence-electron chi connectivity index (χ0n) is 12.6. The number of ether oxygens (including phenoxy) is 1. The summed E-state index contributed by atoms with van der Waals surface area (Å²) in [7, 11) is 1.25. The first-order chi connectivity index (χ1) is 10.5. The molecule has 8 nitrogen and oxygen atoms in total. The van der Waals surface area contributed by atoms with Crippen LogP contribution in [0.3, 0.4) is 0 Å². The highest BCUT2D eigenvalue weighted by atomic mass is 16.5. The van der Waals surface area contributed by atoms with Crippen LogP contribution >= 0.6 is 0 Å². The van der Waals surface area contributed by atoms with E-state index in [0.717, 1.165) is 16.8 Å². The van der Waals surface area contributed by atoms with Gasteiger partial charge in [-0.15, -0.1) is 5.10 Å². The maximum absolute atomic E-state index is 12.1. The molecular formula is C14H17N5O3. The Hall–Kier alpha value is -2.90. The third kappa shape index (κ3) is 3.81. The molecule has 0 unspecified atom stereocenters. The van der Waals surface area contributed by atoms with Crippen molar-refractivity contribution in [3.63, 3.8) is 0 Å². The average Bonchev–Trinajstić information content (AvgIpc) is 2.90. The van der Waals surface area contributed by atoms with Crippen LogP contribution in [0.15, 0.2) is 24.4 Å². The van der Waals surface area contributed by atoms with Gasteiger partial charge in [0, 0.05) is 5.69 Å². The number of methoxy groups -OCH3 is 1. The minimum Gasteiger partial charge on any atom is -0.453 e. The third-order valence-electron chi connectivity index (χ3n) is 3.01. The molecule has 1 aromatic carbocycles. The third-order valence-corrected chi connectivity index (χ3v) is 3.01. The maximum atomic E-state index is 12.1. The second-order valence-corrected chi connectivity index (χ2v) is 4.73. The second-order valence-electron chi connectivity index (χ2n) is 4.73. The number of aryl methyl sites for hydroxylation is 2. The number of anilines is 2. The van der Waals surface area contributed by atoms with Crippen molar-refractivity contribution >= 4 is 23.5 Å². The molecule has 0 aliphatic rings. The van der Waals surface area contributed by atoms with Crippen LogP contribution in [-0.4, -0.2) is 34.1 Å². The molecule has 2 N–H and O–H groups in total. The molecule has 0 fully saturated rings. The van der Waals surface area contributed by atoms with Gasteiger partial charge in [-0.05, 0) is 25.0 Å². The van der Waals surface area contributed by atoms with Gasteiger partial charge < -0.3 is 10.1 Å². The molecule has 1 heterocycles. The van der Waals surface area contributed by atoms with Crippen molar-refractivity contribution in [1.82, 2.24) is 15.0 Å². The molecule has 2 rings (SSSR count). The molecule has 22 heavy (non-hydrogen) atoms. The van der Waals surface area contributed by atoms with Crippen molar-refractivity contribution in [2.45, 2.75) is 20.4 Å². The van der Waals surface area contributed by atoms with E-state index in [1.807, 2.05) is 32.0 Å². The summed E-state index contributed by atoms with van der Waals surface area (Å²) >= 11 is 0. The molecule has 0 aliphatic heterocycles. The van der Waals surface area contributed by atoms with E-state index in [1.54, 1.807) is 0 Å². The minimum absolute atomic E-state index is 0.0103. The summed E-state index contributed by atoms with van der Waals surface area (Å²) < 4.78 is 5.77. The van der Waals surface area contributed by atoms with E-state index in [0.29, 0.717) is 0 Å². The van der Waals surface area contributed by atoms with Crippen molar-refractivity contribution in [2.24, 2.45) is 0 Å². The molecule has 0 aliphatic carbocycles. The number of carbonyl (C=O) groups excluding carboxylic acids is 2. The minimum atomic E-state index is -0.646. The average molecular weight is 303 g/mol. The molecule has 116 valence electrons. The van der Waals surface area contributed by atoms with Crippen LogP contribution in [0, 0.1) is 13.8 Å². The second kappa shape index (κ2) is 6.70. The molecule has 8 heteroatoms. The van der Waals surface area contributed by atoms with Crippen LogP contribution in [0.25, 0.3) is 0 Å². The van der Waals surface area contributed by atoms with Crippen molar-refractivity contribution < 1.29 is 14.3 Å². The summed E-state index contributed by atoms with van der Waals surface area (Å²) in [5, 5.41) is 12.7. The highest BCUT2D eigenvalue weighted by Gasteiger charge is 2.10. The van der Waals surface area contributed by atoms with Gasteiger partial charge in [-0.25, -0.2) is 9.48 Å². The van der Waals surface area contributed by atoms with Gasteiger partial charge in [0.2, 0.25) is 5.91 Å². The topological polar surface area (TPSA) is 98.1 Å². The molecule has 1 aromatic heterocycles. The summed E-state index contributed by atoms with van der Waals surface area (Å²) in [6.45, 7) is 3.84. The number of nitrogens with one attached hydrogen (secondary N) is 2. The number of para-hydroxylation sites is 1. The van der Waals surface area contributed by atoms with Crippen molar-refractivity contribution in [3.8, 4) is 0 Å². The number of rotatable bonds is 4. The van der Waals surface area contributed by atoms with Gasteiger partial charge in [-0.1, -0.05) is 23.4 Å². The molecule has 0 radical (unpaired) electrons. The molecule has 0 saturated carbocycles. The molecule has 0 atom stereocenters. The first-order valence-electron chi connectivity index (χ1n) is 6.60. The Morgan fingerprint density at radius 1 is 1.23 bits per heavy atom. The van der Waals surface area contributed by atoms with Crippen LogP contribution in [0.2, 0.25) is 0 Å². The number of hydrogen-bond donors (Lipinski definition) is 2. The molecule has 2 amide bonds. The summed E-state index contributed by atoms with van der Waals surface area (Å²) in [6.07, 6.45) is 0.799. The summed E-state index contributed by atoms with van der Waals surface area (Å²) in [5.74, 6) is -0.0151. The van der Waals surface area contributed by atoms with E-state index in [-0.39, 0.29) is 18.3 Å². The highest BCUT2D eigenvalue weighted by Crippen LogP contribution is 2.19. The van der Waals surface area contributed by atoms with E-state index < -0.39 is 6.09 Å². The van der Waals surface area contributed by atoms with Gasteiger partial charge in [-0.2, -0.15) is 0 Å². The lowest BCUT2D eigenvalue weighted by atomic mass is 10.1. The van der Waals surface area contributed by atoms with Gasteiger partial charge in [0.1, 0.15) is 6.54 Å². The van der Waals surface area contributed by atoms with Crippen molar-refractivity contribution in [1.29, 1.82) is 0 Å². The van der Waals surface area contributed by atoms with E-state index in [1.165, 1.54) is 18.0 Å². The number of carbonyl (C=O) groups is 2. The van der Waals surface area contributed by atoms with Crippen LogP contribution in [0.5, 0.6) is 0 Å². The predicted octanol–water partition coefficient (Wildman–Crippen LogP) is 1.71. The lowest BCUT2D eigenvalue weighted by Crippen LogP contribution is -2.20. The smallest absolute Gasteiger partial charge is 0.412 e. The van der Waals surface area contributed by atoms with Gasteiger partial charge in [-0.3, -0.25) is 10.1 Å². The van der Waals surface area contributed by atoms with Crippen LogP contribution in [-0.2, 0) is 16.1 Å². The number of nitrogens with zero attached hydrogens (tertiary/aromatic N) is 3. The Labute approximate surface area is 127 Å². The van der Waals surface area contributed by atoms with Gasteiger partial charge in [0.05, 0.1) is 13.3 Å². The summed E-state index contributed by atoms with van der Waals surface area (Å²) in [4.78, 5) is 23.1. The van der Waals surface area contributed by atoms with Crippen LogP contribution in [0.4, 0.5) is 16.3 Å². The van der Waals surface area contributed by atoms with Gasteiger partial charge in [0.15, 0.2) is 5.82 Å². The van der Waals surface area contributed by atoms with Gasteiger partial charge >= 0.3 is 6.09 Å². The monoisotopic (exact) mass is 303 g/mol. The number of aromatic nitrogens is 3. The first-order valence-corrected chi connectivity index (χ1v) is 6.60. The Morgan fingerprint density at radius 2 is 1.91 bits per heavy atom. The first kappa shape index (κ1) is 15.5. The summed E-state index contributed by atoms with van der Waals surface area (Å²) in [6, 6.07) is 5.79. The Kier molecular flexibility index (Phi) is 4.72. The standard InChI is InChI=1S/C14H17N5O3/c1-9-5-4-6-10(2)13(9)16-12(20)8-19-7-11(17-18-19)15-14(21)22-3/h4-7H,8H2,1-3H3,(H,15,21)(H,16,20). The van der Waals surface area contributed by atoms with Gasteiger partial charge in [0.25, 0.3) is 0 Å². The molecule has 0 saturated heterocycles.